The van der Waals surface area contributed by atoms with Gasteiger partial charge in [-0.25, -0.2) is 8.42 Å². The number of sulfone groups is 1. The molecule has 0 amide bonds. The molecule has 0 aliphatic carbocycles. The van der Waals surface area contributed by atoms with E-state index in [2.05, 4.69) is 48.2 Å². The summed E-state index contributed by atoms with van der Waals surface area (Å²) in [5.74, 6) is 0.172. The SMILES string of the molecule is Cc1ccc(CN(Cc2ccccc2)[C@H]2C=CS(=O)(=O)C2)cc1. The monoisotopic (exact) mass is 327 g/mol. The van der Waals surface area contributed by atoms with Crippen LogP contribution in [0.1, 0.15) is 16.7 Å². The Hall–Kier alpha value is -1.91. The first-order chi connectivity index (χ1) is 11.0. The van der Waals surface area contributed by atoms with Gasteiger partial charge in [0.1, 0.15) is 0 Å². The summed E-state index contributed by atoms with van der Waals surface area (Å²) in [5.41, 5.74) is 3.62. The van der Waals surface area contributed by atoms with Crippen LogP contribution in [0.25, 0.3) is 0 Å². The Labute approximate surface area is 138 Å². The van der Waals surface area contributed by atoms with E-state index in [4.69, 9.17) is 0 Å². The summed E-state index contributed by atoms with van der Waals surface area (Å²) in [5, 5.41) is 1.35. The van der Waals surface area contributed by atoms with Crippen molar-refractivity contribution in [3.8, 4) is 0 Å². The molecule has 2 aromatic rings. The quantitative estimate of drug-likeness (QED) is 0.845. The number of nitrogens with zero attached hydrogens (tertiary/aromatic N) is 1. The van der Waals surface area contributed by atoms with Gasteiger partial charge in [0.15, 0.2) is 9.84 Å². The summed E-state index contributed by atoms with van der Waals surface area (Å²) in [4.78, 5) is 2.22. The highest BCUT2D eigenvalue weighted by Gasteiger charge is 2.27. The second kappa shape index (κ2) is 6.69. The van der Waals surface area contributed by atoms with Crippen LogP contribution in [0.2, 0.25) is 0 Å². The molecule has 23 heavy (non-hydrogen) atoms. The number of aryl methyl sites for hydroxylation is 1. The molecule has 0 saturated heterocycles. The third-order valence-electron chi connectivity index (χ3n) is 4.11. The fourth-order valence-corrected chi connectivity index (χ4v) is 4.15. The average Bonchev–Trinajstić information content (AvgIpc) is 2.90. The Morgan fingerprint density at radius 1 is 0.957 bits per heavy atom. The highest BCUT2D eigenvalue weighted by molar-refractivity contribution is 7.94. The van der Waals surface area contributed by atoms with Gasteiger partial charge >= 0.3 is 0 Å². The van der Waals surface area contributed by atoms with E-state index >= 15 is 0 Å². The topological polar surface area (TPSA) is 37.4 Å². The summed E-state index contributed by atoms with van der Waals surface area (Å²) < 4.78 is 23.6. The molecule has 3 nitrogen and oxygen atoms in total. The van der Waals surface area contributed by atoms with E-state index in [1.807, 2.05) is 24.3 Å². The van der Waals surface area contributed by atoms with Gasteiger partial charge < -0.3 is 0 Å². The van der Waals surface area contributed by atoms with Crippen molar-refractivity contribution in [3.05, 3.63) is 82.8 Å². The van der Waals surface area contributed by atoms with Crippen LogP contribution in [0, 0.1) is 6.92 Å². The van der Waals surface area contributed by atoms with Crippen LogP contribution in [0.3, 0.4) is 0 Å². The van der Waals surface area contributed by atoms with E-state index in [9.17, 15) is 8.42 Å². The van der Waals surface area contributed by atoms with Gasteiger partial charge in [0.05, 0.1) is 5.75 Å². The largest absolute Gasteiger partial charge is 0.287 e. The van der Waals surface area contributed by atoms with Crippen LogP contribution in [0.4, 0.5) is 0 Å². The molecule has 0 saturated carbocycles. The van der Waals surface area contributed by atoms with Crippen LogP contribution in [0.5, 0.6) is 0 Å². The molecule has 3 rings (SSSR count). The zero-order chi connectivity index (χ0) is 16.3. The van der Waals surface area contributed by atoms with Crippen molar-refractivity contribution in [1.29, 1.82) is 0 Å². The summed E-state index contributed by atoms with van der Waals surface area (Å²) in [6.45, 7) is 3.54. The minimum atomic E-state index is -3.05. The van der Waals surface area contributed by atoms with Crippen molar-refractivity contribution >= 4 is 9.84 Å². The van der Waals surface area contributed by atoms with Crippen molar-refractivity contribution in [2.24, 2.45) is 0 Å². The number of rotatable bonds is 5. The molecule has 1 aliphatic heterocycles. The molecule has 0 bridgehead atoms. The van der Waals surface area contributed by atoms with E-state index < -0.39 is 9.84 Å². The van der Waals surface area contributed by atoms with Crippen molar-refractivity contribution in [2.75, 3.05) is 5.75 Å². The lowest BCUT2D eigenvalue weighted by atomic mass is 10.1. The maximum atomic E-state index is 11.8. The molecule has 0 aromatic heterocycles. The third kappa shape index (κ3) is 4.30. The van der Waals surface area contributed by atoms with Crippen molar-refractivity contribution in [3.63, 3.8) is 0 Å². The lowest BCUT2D eigenvalue weighted by molar-refractivity contribution is 0.226. The summed E-state index contributed by atoms with van der Waals surface area (Å²) in [6, 6.07) is 18.5. The van der Waals surface area contributed by atoms with Crippen LogP contribution in [-0.4, -0.2) is 25.1 Å². The third-order valence-corrected chi connectivity index (χ3v) is 5.49. The maximum Gasteiger partial charge on any atom is 0.173 e. The molecule has 1 aliphatic rings. The molecule has 4 heteroatoms. The number of hydrogen-bond acceptors (Lipinski definition) is 3. The summed E-state index contributed by atoms with van der Waals surface area (Å²) in [6.07, 6.45) is 1.81. The van der Waals surface area contributed by atoms with Gasteiger partial charge in [-0.1, -0.05) is 66.2 Å². The lowest BCUT2D eigenvalue weighted by Crippen LogP contribution is -2.35. The molecule has 120 valence electrons. The van der Waals surface area contributed by atoms with Gasteiger partial charge in [-0.3, -0.25) is 4.90 Å². The molecule has 1 atom stereocenters. The number of benzene rings is 2. The van der Waals surface area contributed by atoms with E-state index in [1.54, 1.807) is 0 Å². The zero-order valence-corrected chi connectivity index (χ0v) is 14.0. The van der Waals surface area contributed by atoms with Crippen molar-refractivity contribution in [1.82, 2.24) is 4.90 Å². The first kappa shape index (κ1) is 16.0. The Morgan fingerprint density at radius 3 is 2.13 bits per heavy atom. The van der Waals surface area contributed by atoms with Crippen LogP contribution < -0.4 is 0 Å². The van der Waals surface area contributed by atoms with E-state index in [0.717, 1.165) is 13.1 Å². The Balaban J connectivity index is 1.81. The Bertz CT molecular complexity index is 780. The highest BCUT2D eigenvalue weighted by Crippen LogP contribution is 2.20. The normalized spacial score (nSPS) is 19.3. The minimum absolute atomic E-state index is 0.0680. The molecule has 0 unspecified atom stereocenters. The number of hydrogen-bond donors (Lipinski definition) is 0. The molecule has 0 spiro atoms. The van der Waals surface area contributed by atoms with Crippen LogP contribution >= 0.6 is 0 Å². The molecular weight excluding hydrogens is 306 g/mol. The smallest absolute Gasteiger partial charge is 0.173 e. The van der Waals surface area contributed by atoms with Crippen LogP contribution in [0.15, 0.2) is 66.1 Å². The molecule has 2 aromatic carbocycles. The van der Waals surface area contributed by atoms with E-state index in [0.29, 0.717) is 0 Å². The fraction of sp³-hybridized carbons (Fsp3) is 0.263. The first-order valence-electron chi connectivity index (χ1n) is 7.76. The molecule has 0 fully saturated rings. The summed E-state index contributed by atoms with van der Waals surface area (Å²) >= 11 is 0. The second-order valence-corrected chi connectivity index (χ2v) is 8.03. The van der Waals surface area contributed by atoms with Gasteiger partial charge in [-0.15, -0.1) is 0 Å². The average molecular weight is 327 g/mol. The minimum Gasteiger partial charge on any atom is -0.287 e. The molecule has 0 radical (unpaired) electrons. The predicted octanol–water partition coefficient (Wildman–Crippen LogP) is 3.31. The van der Waals surface area contributed by atoms with Crippen molar-refractivity contribution in [2.45, 2.75) is 26.1 Å². The predicted molar refractivity (Wildman–Crippen MR) is 93.6 cm³/mol. The molecule has 0 N–H and O–H groups in total. The fourth-order valence-electron chi connectivity index (χ4n) is 2.82. The maximum absolute atomic E-state index is 11.8. The van der Waals surface area contributed by atoms with Gasteiger partial charge in [-0.2, -0.15) is 0 Å². The lowest BCUT2D eigenvalue weighted by Gasteiger charge is -2.27. The second-order valence-electron chi connectivity index (χ2n) is 6.10. The van der Waals surface area contributed by atoms with Gasteiger partial charge in [0.25, 0.3) is 0 Å². The van der Waals surface area contributed by atoms with Crippen LogP contribution in [-0.2, 0) is 22.9 Å². The Kier molecular flexibility index (Phi) is 4.64. The van der Waals surface area contributed by atoms with E-state index in [1.165, 1.54) is 22.1 Å². The van der Waals surface area contributed by atoms with E-state index in [-0.39, 0.29) is 11.8 Å². The standard InChI is InChI=1S/C19H21NO2S/c1-16-7-9-18(10-8-16)14-20(13-17-5-3-2-4-6-17)19-11-12-23(21,22)15-19/h2-12,19H,13-15H2,1H3/t19-/m0/s1. The Morgan fingerprint density at radius 2 is 1.57 bits per heavy atom. The van der Waals surface area contributed by atoms with Gasteiger partial charge in [0.2, 0.25) is 0 Å². The van der Waals surface area contributed by atoms with Gasteiger partial charge in [0, 0.05) is 24.5 Å². The van der Waals surface area contributed by atoms with Crippen molar-refractivity contribution < 1.29 is 8.42 Å². The highest BCUT2D eigenvalue weighted by atomic mass is 32.2. The molecular formula is C19H21NO2S. The van der Waals surface area contributed by atoms with Gasteiger partial charge in [-0.05, 0) is 18.1 Å². The zero-order valence-electron chi connectivity index (χ0n) is 13.2. The first-order valence-corrected chi connectivity index (χ1v) is 9.48. The molecule has 1 heterocycles. The summed E-state index contributed by atoms with van der Waals surface area (Å²) in [7, 11) is -3.05.